The van der Waals surface area contributed by atoms with E-state index in [1.165, 1.54) is 6.07 Å². The van der Waals surface area contributed by atoms with E-state index in [0.717, 1.165) is 5.39 Å². The number of nitrogens with zero attached hydrogens (tertiary/aromatic N) is 1. The average molecular weight is 300 g/mol. The van der Waals surface area contributed by atoms with E-state index in [4.69, 9.17) is 10.2 Å². The summed E-state index contributed by atoms with van der Waals surface area (Å²) >= 11 is 0. The van der Waals surface area contributed by atoms with Crippen molar-refractivity contribution in [1.82, 2.24) is 10.4 Å². The van der Waals surface area contributed by atoms with Crippen molar-refractivity contribution in [3.63, 3.8) is 0 Å². The van der Waals surface area contributed by atoms with E-state index >= 15 is 0 Å². The molecule has 7 heteroatoms. The molecule has 22 heavy (non-hydrogen) atoms. The van der Waals surface area contributed by atoms with Gasteiger partial charge in [0.15, 0.2) is 0 Å². The second-order valence-electron chi connectivity index (χ2n) is 4.86. The Labute approximate surface area is 124 Å². The molecule has 7 nitrogen and oxygen atoms in total. The molecule has 112 valence electrons. The van der Waals surface area contributed by atoms with Gasteiger partial charge in [0.2, 0.25) is 0 Å². The van der Waals surface area contributed by atoms with Crippen molar-refractivity contribution < 1.29 is 24.6 Å². The molecule has 0 unspecified atom stereocenters. The van der Waals surface area contributed by atoms with Crippen LogP contribution in [0.15, 0.2) is 36.4 Å². The normalized spacial score (nSPS) is 15.2. The van der Waals surface area contributed by atoms with E-state index in [1.54, 1.807) is 18.2 Å². The van der Waals surface area contributed by atoms with Crippen LogP contribution < -0.4 is 5.43 Å². The average Bonchev–Trinajstić information content (AvgIpc) is 2.76. The van der Waals surface area contributed by atoms with E-state index in [0.29, 0.717) is 10.4 Å². The van der Waals surface area contributed by atoms with Crippen LogP contribution in [0.2, 0.25) is 0 Å². The maximum atomic E-state index is 12.5. The number of aliphatic hydroxyl groups excluding tert-OH is 1. The van der Waals surface area contributed by atoms with Gasteiger partial charge in [-0.25, -0.2) is 10.4 Å². The predicted molar refractivity (Wildman–Crippen MR) is 76.1 cm³/mol. The minimum atomic E-state index is -1.44. The second-order valence-corrected chi connectivity index (χ2v) is 4.86. The van der Waals surface area contributed by atoms with Crippen LogP contribution in [0, 0.1) is 0 Å². The molecule has 1 aliphatic rings. The molecule has 0 aliphatic carbocycles. The number of rotatable bonds is 4. The third-order valence-corrected chi connectivity index (χ3v) is 3.55. The Bertz CT molecular complexity index is 802. The number of amides is 2. The van der Waals surface area contributed by atoms with E-state index in [-0.39, 0.29) is 11.1 Å². The number of nitrogens with one attached hydrogen (secondary N) is 1. The van der Waals surface area contributed by atoms with Gasteiger partial charge in [-0.15, -0.1) is 0 Å². The van der Waals surface area contributed by atoms with Crippen molar-refractivity contribution in [3.05, 3.63) is 47.5 Å². The summed E-state index contributed by atoms with van der Waals surface area (Å²) in [7, 11) is 0. The Morgan fingerprint density at radius 2 is 1.86 bits per heavy atom. The van der Waals surface area contributed by atoms with Crippen LogP contribution in [-0.2, 0) is 4.79 Å². The maximum absolute atomic E-state index is 12.5. The van der Waals surface area contributed by atoms with Crippen LogP contribution in [0.4, 0.5) is 0 Å². The Kier molecular flexibility index (Phi) is 3.36. The van der Waals surface area contributed by atoms with Gasteiger partial charge in [-0.1, -0.05) is 30.3 Å². The smallest absolute Gasteiger partial charge is 0.324 e. The second kappa shape index (κ2) is 5.21. The Morgan fingerprint density at radius 1 is 1.14 bits per heavy atom. The fourth-order valence-corrected chi connectivity index (χ4v) is 2.45. The number of imide groups is 1. The zero-order valence-electron chi connectivity index (χ0n) is 11.3. The number of hydrogen-bond donors (Lipinski definition) is 3. The quantitative estimate of drug-likeness (QED) is 0.705. The Balaban J connectivity index is 2.05. The number of carboxylic acid groups (broad SMARTS) is 1. The van der Waals surface area contributed by atoms with Crippen molar-refractivity contribution in [3.8, 4) is 0 Å². The van der Waals surface area contributed by atoms with Crippen LogP contribution in [0.3, 0.4) is 0 Å². The number of aliphatic hydroxyl groups is 1. The molecule has 1 aliphatic heterocycles. The van der Waals surface area contributed by atoms with Crippen LogP contribution >= 0.6 is 0 Å². The Hall–Kier alpha value is -2.77. The maximum Gasteiger partial charge on any atom is 0.324 e. The van der Waals surface area contributed by atoms with Gasteiger partial charge in [-0.3, -0.25) is 14.4 Å². The molecule has 0 saturated carbocycles. The first-order chi connectivity index (χ1) is 10.5. The minimum Gasteiger partial charge on any atom is -0.480 e. The zero-order valence-corrected chi connectivity index (χ0v) is 11.3. The van der Waals surface area contributed by atoms with Gasteiger partial charge in [0.25, 0.3) is 11.8 Å². The lowest BCUT2D eigenvalue weighted by molar-refractivity contribution is -0.141. The molecule has 1 atom stereocenters. The first kappa shape index (κ1) is 14.2. The monoisotopic (exact) mass is 300 g/mol. The molecule has 0 saturated heterocycles. The van der Waals surface area contributed by atoms with Crippen molar-refractivity contribution >= 4 is 28.6 Å². The summed E-state index contributed by atoms with van der Waals surface area (Å²) in [5, 5.41) is 20.0. The lowest BCUT2D eigenvalue weighted by atomic mass is 10.0. The van der Waals surface area contributed by atoms with E-state index in [1.807, 2.05) is 12.1 Å². The zero-order chi connectivity index (χ0) is 15.9. The number of carbonyl (C=O) groups excluding carboxylic acids is 2. The molecule has 3 rings (SSSR count). The third-order valence-electron chi connectivity index (χ3n) is 3.55. The van der Waals surface area contributed by atoms with E-state index in [9.17, 15) is 14.4 Å². The molecule has 0 fully saturated rings. The number of aliphatic carboxylic acids is 1. The number of carboxylic acids is 1. The van der Waals surface area contributed by atoms with Gasteiger partial charge < -0.3 is 10.2 Å². The van der Waals surface area contributed by atoms with Crippen molar-refractivity contribution in [2.45, 2.75) is 6.04 Å². The van der Waals surface area contributed by atoms with Gasteiger partial charge in [0.05, 0.1) is 17.7 Å². The van der Waals surface area contributed by atoms with Crippen molar-refractivity contribution in [2.24, 2.45) is 0 Å². The van der Waals surface area contributed by atoms with Gasteiger partial charge >= 0.3 is 5.97 Å². The van der Waals surface area contributed by atoms with Gasteiger partial charge in [-0.2, -0.15) is 0 Å². The SMILES string of the molecule is O=C(O)[C@H](CO)NN1C(=O)c2ccc3ccccc3c2C1=O. The Morgan fingerprint density at radius 3 is 2.55 bits per heavy atom. The molecule has 2 amide bonds. The molecule has 0 radical (unpaired) electrons. The highest BCUT2D eigenvalue weighted by molar-refractivity contribution is 6.26. The minimum absolute atomic E-state index is 0.207. The number of fused-ring (bicyclic) bond motifs is 3. The number of hydrazine groups is 1. The molecule has 0 spiro atoms. The summed E-state index contributed by atoms with van der Waals surface area (Å²) < 4.78 is 0. The third kappa shape index (κ3) is 2.03. The highest BCUT2D eigenvalue weighted by Crippen LogP contribution is 2.29. The molecule has 2 aromatic rings. The lowest BCUT2D eigenvalue weighted by Crippen LogP contribution is -2.52. The molecule has 0 aromatic heterocycles. The molecule has 0 bridgehead atoms. The number of benzene rings is 2. The van der Waals surface area contributed by atoms with Crippen LogP contribution in [0.5, 0.6) is 0 Å². The van der Waals surface area contributed by atoms with Crippen molar-refractivity contribution in [2.75, 3.05) is 6.61 Å². The van der Waals surface area contributed by atoms with Gasteiger partial charge in [0, 0.05) is 0 Å². The summed E-state index contributed by atoms with van der Waals surface area (Å²) in [4.78, 5) is 35.7. The van der Waals surface area contributed by atoms with Crippen molar-refractivity contribution in [1.29, 1.82) is 0 Å². The van der Waals surface area contributed by atoms with Crippen LogP contribution in [-0.4, -0.2) is 45.7 Å². The summed E-state index contributed by atoms with van der Waals surface area (Å²) in [6.45, 7) is -0.747. The highest BCUT2D eigenvalue weighted by Gasteiger charge is 2.39. The largest absolute Gasteiger partial charge is 0.480 e. The predicted octanol–water partition coefficient (Wildman–Crippen LogP) is 0.386. The molecule has 3 N–H and O–H groups in total. The van der Waals surface area contributed by atoms with E-state index in [2.05, 4.69) is 5.43 Å². The molecular formula is C15H12N2O5. The summed E-state index contributed by atoms with van der Waals surface area (Å²) in [5.41, 5.74) is 2.70. The van der Waals surface area contributed by atoms with Gasteiger partial charge in [-0.05, 0) is 16.8 Å². The summed E-state index contributed by atoms with van der Waals surface area (Å²) in [6, 6.07) is 8.94. The fraction of sp³-hybridized carbons (Fsp3) is 0.133. The van der Waals surface area contributed by atoms with E-state index < -0.39 is 30.4 Å². The fourth-order valence-electron chi connectivity index (χ4n) is 2.45. The first-order valence-corrected chi connectivity index (χ1v) is 6.55. The molecule has 1 heterocycles. The molecule has 2 aromatic carbocycles. The van der Waals surface area contributed by atoms with Gasteiger partial charge in [0.1, 0.15) is 6.04 Å². The molecular weight excluding hydrogens is 288 g/mol. The summed E-state index contributed by atoms with van der Waals surface area (Å²) in [6.07, 6.45) is 0. The standard InChI is InChI=1S/C15H12N2O5/c18-7-11(15(21)22)16-17-13(19)10-6-5-8-3-1-2-4-9(8)12(10)14(17)20/h1-6,11,16,18H,7H2,(H,21,22)/t11-/m0/s1. The van der Waals surface area contributed by atoms with Crippen LogP contribution in [0.1, 0.15) is 20.7 Å². The highest BCUT2D eigenvalue weighted by atomic mass is 16.4. The lowest BCUT2D eigenvalue weighted by Gasteiger charge is -2.19. The number of hydrogen-bond acceptors (Lipinski definition) is 5. The van der Waals surface area contributed by atoms with Crippen LogP contribution in [0.25, 0.3) is 10.8 Å². The first-order valence-electron chi connectivity index (χ1n) is 6.55. The topological polar surface area (TPSA) is 107 Å². The summed E-state index contributed by atoms with van der Waals surface area (Å²) in [5.74, 6) is -2.62. The number of carbonyl (C=O) groups is 3.